The Hall–Kier alpha value is -0.520. The fourth-order valence-corrected chi connectivity index (χ4v) is 2.74. The van der Waals surface area contributed by atoms with Gasteiger partial charge in [0.15, 0.2) is 0 Å². The standard InChI is InChI=1S/C12H18/c1-2-10-7-5-8-11-6-3-4-9-12(10)11/h2,9-11H,1,3-8H2. The van der Waals surface area contributed by atoms with Crippen LogP contribution in [0.2, 0.25) is 0 Å². The maximum Gasteiger partial charge on any atom is -0.00232 e. The highest BCUT2D eigenvalue weighted by molar-refractivity contribution is 5.19. The third kappa shape index (κ3) is 1.35. The summed E-state index contributed by atoms with van der Waals surface area (Å²) < 4.78 is 0. The van der Waals surface area contributed by atoms with E-state index in [9.17, 15) is 0 Å². The van der Waals surface area contributed by atoms with Crippen molar-refractivity contribution >= 4 is 0 Å². The first kappa shape index (κ1) is 8.10. The Morgan fingerprint density at radius 2 is 2.08 bits per heavy atom. The maximum atomic E-state index is 3.93. The largest absolute Gasteiger partial charge is 0.102 e. The minimum atomic E-state index is 0.726. The molecule has 0 aliphatic heterocycles. The molecule has 2 rings (SSSR count). The topological polar surface area (TPSA) is 0 Å². The summed E-state index contributed by atoms with van der Waals surface area (Å²) in [6.07, 6.45) is 13.0. The second-order valence-electron chi connectivity index (χ2n) is 4.11. The third-order valence-corrected chi connectivity index (χ3v) is 3.39. The lowest BCUT2D eigenvalue weighted by Crippen LogP contribution is -2.20. The molecule has 66 valence electrons. The van der Waals surface area contributed by atoms with Crippen LogP contribution in [-0.2, 0) is 0 Å². The fourth-order valence-electron chi connectivity index (χ4n) is 2.74. The van der Waals surface area contributed by atoms with Crippen molar-refractivity contribution in [2.75, 3.05) is 0 Å². The Morgan fingerprint density at radius 3 is 2.92 bits per heavy atom. The molecule has 0 radical (unpaired) electrons. The minimum Gasteiger partial charge on any atom is -0.102 e. The van der Waals surface area contributed by atoms with Crippen LogP contribution >= 0.6 is 0 Å². The summed E-state index contributed by atoms with van der Waals surface area (Å²) in [7, 11) is 0. The van der Waals surface area contributed by atoms with Gasteiger partial charge in [-0.2, -0.15) is 0 Å². The average Bonchev–Trinajstić information content (AvgIpc) is 2.17. The van der Waals surface area contributed by atoms with E-state index in [1.165, 1.54) is 38.5 Å². The van der Waals surface area contributed by atoms with Gasteiger partial charge in [-0.15, -0.1) is 6.58 Å². The molecule has 0 saturated heterocycles. The highest BCUT2D eigenvalue weighted by Crippen LogP contribution is 2.40. The highest BCUT2D eigenvalue weighted by Gasteiger charge is 2.26. The normalized spacial score (nSPS) is 35.2. The van der Waals surface area contributed by atoms with Crippen LogP contribution in [-0.4, -0.2) is 0 Å². The Balaban J connectivity index is 2.17. The van der Waals surface area contributed by atoms with Crippen LogP contribution in [0.4, 0.5) is 0 Å². The molecule has 2 atom stereocenters. The molecule has 2 unspecified atom stereocenters. The molecule has 2 aliphatic carbocycles. The SMILES string of the molecule is C=CC1CCCC2CCCC=C12. The van der Waals surface area contributed by atoms with E-state index >= 15 is 0 Å². The van der Waals surface area contributed by atoms with Gasteiger partial charge >= 0.3 is 0 Å². The zero-order valence-electron chi connectivity index (χ0n) is 7.76. The number of hydrogen-bond donors (Lipinski definition) is 0. The van der Waals surface area contributed by atoms with Gasteiger partial charge in [0.25, 0.3) is 0 Å². The molecule has 0 aromatic carbocycles. The summed E-state index contributed by atoms with van der Waals surface area (Å²) in [6.45, 7) is 3.93. The summed E-state index contributed by atoms with van der Waals surface area (Å²) in [5.74, 6) is 1.65. The van der Waals surface area contributed by atoms with Crippen molar-refractivity contribution in [3.8, 4) is 0 Å². The Morgan fingerprint density at radius 1 is 1.25 bits per heavy atom. The summed E-state index contributed by atoms with van der Waals surface area (Å²) in [5.41, 5.74) is 1.72. The fraction of sp³-hybridized carbons (Fsp3) is 0.667. The molecule has 2 aliphatic rings. The quantitative estimate of drug-likeness (QED) is 0.516. The molecule has 0 bridgehead atoms. The molecule has 0 nitrogen and oxygen atoms in total. The lowest BCUT2D eigenvalue weighted by Gasteiger charge is -2.33. The van der Waals surface area contributed by atoms with Gasteiger partial charge in [-0.3, -0.25) is 0 Å². The monoisotopic (exact) mass is 162 g/mol. The average molecular weight is 162 g/mol. The molecule has 1 fully saturated rings. The van der Waals surface area contributed by atoms with Crippen molar-refractivity contribution < 1.29 is 0 Å². The predicted molar refractivity (Wildman–Crippen MR) is 53.0 cm³/mol. The van der Waals surface area contributed by atoms with Gasteiger partial charge in [-0.05, 0) is 43.9 Å². The van der Waals surface area contributed by atoms with Crippen molar-refractivity contribution in [2.24, 2.45) is 11.8 Å². The third-order valence-electron chi connectivity index (χ3n) is 3.39. The molecule has 0 aromatic heterocycles. The zero-order valence-corrected chi connectivity index (χ0v) is 7.76. The summed E-state index contributed by atoms with van der Waals surface area (Å²) in [6, 6.07) is 0. The van der Waals surface area contributed by atoms with E-state index in [0.717, 1.165) is 11.8 Å². The number of allylic oxidation sites excluding steroid dienone is 3. The van der Waals surface area contributed by atoms with Gasteiger partial charge in [0.1, 0.15) is 0 Å². The van der Waals surface area contributed by atoms with Gasteiger partial charge in [0.05, 0.1) is 0 Å². The van der Waals surface area contributed by atoms with Crippen molar-refractivity contribution in [1.29, 1.82) is 0 Å². The smallest absolute Gasteiger partial charge is 0.00232 e. The van der Waals surface area contributed by atoms with E-state index in [1.54, 1.807) is 5.57 Å². The van der Waals surface area contributed by atoms with Crippen LogP contribution in [0, 0.1) is 11.8 Å². The predicted octanol–water partition coefficient (Wildman–Crippen LogP) is 3.70. The first-order chi connectivity index (χ1) is 5.92. The molecule has 0 heterocycles. The van der Waals surface area contributed by atoms with Crippen molar-refractivity contribution in [3.05, 3.63) is 24.3 Å². The number of rotatable bonds is 1. The summed E-state index contributed by atoms with van der Waals surface area (Å²) in [4.78, 5) is 0. The van der Waals surface area contributed by atoms with E-state index in [1.807, 2.05) is 0 Å². The van der Waals surface area contributed by atoms with Crippen LogP contribution in [0.15, 0.2) is 24.3 Å². The first-order valence-corrected chi connectivity index (χ1v) is 5.24. The van der Waals surface area contributed by atoms with Gasteiger partial charge in [-0.1, -0.05) is 24.1 Å². The van der Waals surface area contributed by atoms with E-state index in [4.69, 9.17) is 0 Å². The molecule has 12 heavy (non-hydrogen) atoms. The Labute approximate surface area is 75.4 Å². The van der Waals surface area contributed by atoms with Gasteiger partial charge < -0.3 is 0 Å². The second-order valence-corrected chi connectivity index (χ2v) is 4.11. The molecule has 0 amide bonds. The Kier molecular flexibility index (Phi) is 2.34. The minimum absolute atomic E-state index is 0.726. The lowest BCUT2D eigenvalue weighted by atomic mass is 9.72. The summed E-state index contributed by atoms with van der Waals surface area (Å²) in [5, 5.41) is 0. The van der Waals surface area contributed by atoms with Crippen molar-refractivity contribution in [3.63, 3.8) is 0 Å². The molecule has 0 spiro atoms. The van der Waals surface area contributed by atoms with E-state index in [2.05, 4.69) is 18.7 Å². The first-order valence-electron chi connectivity index (χ1n) is 5.24. The van der Waals surface area contributed by atoms with Crippen LogP contribution in [0.3, 0.4) is 0 Å². The molecule has 1 saturated carbocycles. The van der Waals surface area contributed by atoms with Crippen LogP contribution in [0.25, 0.3) is 0 Å². The molecule has 0 heteroatoms. The van der Waals surface area contributed by atoms with Crippen LogP contribution < -0.4 is 0 Å². The molecule has 0 N–H and O–H groups in total. The van der Waals surface area contributed by atoms with Gasteiger partial charge in [0.2, 0.25) is 0 Å². The zero-order chi connectivity index (χ0) is 8.39. The maximum absolute atomic E-state index is 3.93. The molecular formula is C12H18. The van der Waals surface area contributed by atoms with E-state index in [-0.39, 0.29) is 0 Å². The second kappa shape index (κ2) is 3.47. The van der Waals surface area contributed by atoms with Gasteiger partial charge in [-0.25, -0.2) is 0 Å². The Bertz CT molecular complexity index is 200. The lowest BCUT2D eigenvalue weighted by molar-refractivity contribution is 0.364. The van der Waals surface area contributed by atoms with Crippen LogP contribution in [0.5, 0.6) is 0 Å². The highest BCUT2D eigenvalue weighted by atomic mass is 14.3. The number of hydrogen-bond acceptors (Lipinski definition) is 0. The molecule has 0 aromatic rings. The van der Waals surface area contributed by atoms with Gasteiger partial charge in [0, 0.05) is 0 Å². The number of fused-ring (bicyclic) bond motifs is 1. The summed E-state index contributed by atoms with van der Waals surface area (Å²) >= 11 is 0. The van der Waals surface area contributed by atoms with E-state index in [0.29, 0.717) is 0 Å². The van der Waals surface area contributed by atoms with Crippen molar-refractivity contribution in [1.82, 2.24) is 0 Å². The van der Waals surface area contributed by atoms with Crippen molar-refractivity contribution in [2.45, 2.75) is 38.5 Å². The molecular weight excluding hydrogens is 144 g/mol. The van der Waals surface area contributed by atoms with E-state index < -0.39 is 0 Å². The van der Waals surface area contributed by atoms with Crippen LogP contribution in [0.1, 0.15) is 38.5 Å².